The molecule has 0 radical (unpaired) electrons. The molecule has 5 nitrogen and oxygen atoms in total. The highest BCUT2D eigenvalue weighted by molar-refractivity contribution is 5.76. The SMILES string of the molecule is Cc1nc(CNC(=O)CC(N)C(C)C)oc1C. The Kier molecular flexibility index (Phi) is 4.69. The van der Waals surface area contributed by atoms with Crippen LogP contribution in [0.15, 0.2) is 4.42 Å². The standard InChI is InChI=1S/C12H21N3O2/c1-7(2)10(13)5-11(16)14-6-12-15-8(3)9(4)17-12/h7,10H,5-6,13H2,1-4H3,(H,14,16). The Hall–Kier alpha value is -1.36. The lowest BCUT2D eigenvalue weighted by Gasteiger charge is -2.14. The van der Waals surface area contributed by atoms with Crippen LogP contribution in [0.2, 0.25) is 0 Å². The van der Waals surface area contributed by atoms with Crippen molar-refractivity contribution < 1.29 is 9.21 Å². The molecule has 1 heterocycles. The molecule has 5 heteroatoms. The molecule has 1 aromatic heterocycles. The maximum absolute atomic E-state index is 11.6. The van der Waals surface area contributed by atoms with E-state index in [9.17, 15) is 4.79 Å². The summed E-state index contributed by atoms with van der Waals surface area (Å²) < 4.78 is 5.36. The van der Waals surface area contributed by atoms with Gasteiger partial charge in [-0.1, -0.05) is 13.8 Å². The van der Waals surface area contributed by atoms with Crippen LogP contribution in [0.3, 0.4) is 0 Å². The van der Waals surface area contributed by atoms with E-state index in [2.05, 4.69) is 10.3 Å². The van der Waals surface area contributed by atoms with Crippen LogP contribution in [0.1, 0.15) is 37.6 Å². The normalized spacial score (nSPS) is 12.8. The van der Waals surface area contributed by atoms with E-state index in [1.165, 1.54) is 0 Å². The average molecular weight is 239 g/mol. The van der Waals surface area contributed by atoms with Crippen molar-refractivity contribution >= 4 is 5.91 Å². The molecule has 17 heavy (non-hydrogen) atoms. The fourth-order valence-electron chi connectivity index (χ4n) is 1.31. The number of carbonyl (C=O) groups is 1. The summed E-state index contributed by atoms with van der Waals surface area (Å²) in [5, 5.41) is 2.75. The van der Waals surface area contributed by atoms with Crippen LogP contribution in [0.25, 0.3) is 0 Å². The maximum atomic E-state index is 11.6. The van der Waals surface area contributed by atoms with Gasteiger partial charge < -0.3 is 15.5 Å². The summed E-state index contributed by atoms with van der Waals surface area (Å²) in [7, 11) is 0. The lowest BCUT2D eigenvalue weighted by Crippen LogP contribution is -2.34. The molecule has 0 aromatic carbocycles. The Morgan fingerprint density at radius 3 is 2.59 bits per heavy atom. The van der Waals surface area contributed by atoms with E-state index in [1.807, 2.05) is 27.7 Å². The van der Waals surface area contributed by atoms with E-state index in [0.717, 1.165) is 11.5 Å². The van der Waals surface area contributed by atoms with Crippen molar-refractivity contribution in [2.24, 2.45) is 11.7 Å². The number of nitrogens with two attached hydrogens (primary N) is 1. The van der Waals surface area contributed by atoms with Crippen molar-refractivity contribution in [1.29, 1.82) is 0 Å². The van der Waals surface area contributed by atoms with Gasteiger partial charge in [0.1, 0.15) is 5.76 Å². The van der Waals surface area contributed by atoms with Crippen molar-refractivity contribution in [3.05, 3.63) is 17.3 Å². The van der Waals surface area contributed by atoms with Crippen molar-refractivity contribution in [2.75, 3.05) is 0 Å². The van der Waals surface area contributed by atoms with E-state index in [4.69, 9.17) is 10.2 Å². The number of hydrogen-bond acceptors (Lipinski definition) is 4. The topological polar surface area (TPSA) is 81.2 Å². The molecule has 0 aliphatic heterocycles. The molecular weight excluding hydrogens is 218 g/mol. The molecule has 1 atom stereocenters. The zero-order valence-corrected chi connectivity index (χ0v) is 10.9. The number of amides is 1. The third-order valence-electron chi connectivity index (χ3n) is 2.79. The van der Waals surface area contributed by atoms with Gasteiger partial charge in [0.15, 0.2) is 0 Å². The Morgan fingerprint density at radius 1 is 1.47 bits per heavy atom. The lowest BCUT2D eigenvalue weighted by molar-refractivity contribution is -0.121. The first-order valence-corrected chi connectivity index (χ1v) is 5.85. The second kappa shape index (κ2) is 5.82. The van der Waals surface area contributed by atoms with E-state index >= 15 is 0 Å². The van der Waals surface area contributed by atoms with E-state index in [-0.39, 0.29) is 11.9 Å². The molecule has 0 spiro atoms. The van der Waals surface area contributed by atoms with Crippen LogP contribution in [0, 0.1) is 19.8 Å². The molecule has 0 bridgehead atoms. The number of aromatic nitrogens is 1. The first-order valence-electron chi connectivity index (χ1n) is 5.85. The monoisotopic (exact) mass is 239 g/mol. The molecule has 0 aliphatic rings. The van der Waals surface area contributed by atoms with Gasteiger partial charge in [0.2, 0.25) is 11.8 Å². The second-order valence-electron chi connectivity index (χ2n) is 4.64. The van der Waals surface area contributed by atoms with Crippen molar-refractivity contribution in [3.63, 3.8) is 0 Å². The first-order chi connectivity index (χ1) is 7.90. The minimum absolute atomic E-state index is 0.0697. The largest absolute Gasteiger partial charge is 0.444 e. The summed E-state index contributed by atoms with van der Waals surface area (Å²) in [6.07, 6.45) is 0.330. The Balaban J connectivity index is 2.38. The van der Waals surface area contributed by atoms with E-state index in [0.29, 0.717) is 24.8 Å². The second-order valence-corrected chi connectivity index (χ2v) is 4.64. The first kappa shape index (κ1) is 13.7. The number of nitrogens with one attached hydrogen (secondary N) is 1. The molecule has 1 unspecified atom stereocenters. The van der Waals surface area contributed by atoms with Gasteiger partial charge in [0.05, 0.1) is 12.2 Å². The number of aryl methyl sites for hydroxylation is 2. The van der Waals surface area contributed by atoms with Crippen LogP contribution >= 0.6 is 0 Å². The molecule has 96 valence electrons. The fraction of sp³-hybridized carbons (Fsp3) is 0.667. The van der Waals surface area contributed by atoms with Crippen LogP contribution in [0.4, 0.5) is 0 Å². The highest BCUT2D eigenvalue weighted by Crippen LogP contribution is 2.08. The fourth-order valence-corrected chi connectivity index (χ4v) is 1.31. The summed E-state index contributed by atoms with van der Waals surface area (Å²) in [5.41, 5.74) is 6.67. The van der Waals surface area contributed by atoms with Crippen molar-refractivity contribution in [3.8, 4) is 0 Å². The molecule has 0 aliphatic carbocycles. The van der Waals surface area contributed by atoms with Crippen LogP contribution < -0.4 is 11.1 Å². The van der Waals surface area contributed by atoms with Crippen LogP contribution in [-0.4, -0.2) is 16.9 Å². The number of oxazole rings is 1. The van der Waals surface area contributed by atoms with E-state index in [1.54, 1.807) is 0 Å². The highest BCUT2D eigenvalue weighted by Gasteiger charge is 2.13. The van der Waals surface area contributed by atoms with Crippen LogP contribution in [0.5, 0.6) is 0 Å². The minimum atomic E-state index is -0.108. The van der Waals surface area contributed by atoms with Gasteiger partial charge in [-0.2, -0.15) is 0 Å². The minimum Gasteiger partial charge on any atom is -0.444 e. The Morgan fingerprint density at radius 2 is 2.12 bits per heavy atom. The number of hydrogen-bond donors (Lipinski definition) is 2. The lowest BCUT2D eigenvalue weighted by atomic mass is 10.0. The number of carbonyl (C=O) groups excluding carboxylic acids is 1. The smallest absolute Gasteiger partial charge is 0.221 e. The van der Waals surface area contributed by atoms with Crippen LogP contribution in [-0.2, 0) is 11.3 Å². The summed E-state index contributed by atoms with van der Waals surface area (Å²) in [5.74, 6) is 1.55. The molecule has 1 amide bonds. The van der Waals surface area contributed by atoms with Gasteiger partial charge in [-0.15, -0.1) is 0 Å². The molecule has 1 rings (SSSR count). The predicted molar refractivity (Wildman–Crippen MR) is 65.3 cm³/mol. The third kappa shape index (κ3) is 4.19. The zero-order valence-electron chi connectivity index (χ0n) is 10.9. The molecule has 0 saturated heterocycles. The third-order valence-corrected chi connectivity index (χ3v) is 2.79. The summed E-state index contributed by atoms with van der Waals surface area (Å²) in [4.78, 5) is 15.7. The van der Waals surface area contributed by atoms with Gasteiger partial charge in [0.25, 0.3) is 0 Å². The van der Waals surface area contributed by atoms with Gasteiger partial charge in [0, 0.05) is 12.5 Å². The Labute approximate surface area is 102 Å². The molecule has 0 fully saturated rings. The van der Waals surface area contributed by atoms with Gasteiger partial charge in [-0.25, -0.2) is 4.98 Å². The molecule has 1 aromatic rings. The zero-order chi connectivity index (χ0) is 13.0. The molecular formula is C12H21N3O2. The highest BCUT2D eigenvalue weighted by atomic mass is 16.4. The number of nitrogens with zero attached hydrogens (tertiary/aromatic N) is 1. The van der Waals surface area contributed by atoms with E-state index < -0.39 is 0 Å². The van der Waals surface area contributed by atoms with Gasteiger partial charge >= 0.3 is 0 Å². The average Bonchev–Trinajstić information content (AvgIpc) is 2.55. The summed E-state index contributed by atoms with van der Waals surface area (Å²) in [6.45, 7) is 8.04. The summed E-state index contributed by atoms with van der Waals surface area (Å²) in [6, 6.07) is -0.108. The summed E-state index contributed by atoms with van der Waals surface area (Å²) >= 11 is 0. The van der Waals surface area contributed by atoms with Gasteiger partial charge in [-0.05, 0) is 19.8 Å². The Bertz CT molecular complexity index is 366. The molecule has 0 saturated carbocycles. The van der Waals surface area contributed by atoms with Gasteiger partial charge in [-0.3, -0.25) is 4.79 Å². The number of rotatable bonds is 5. The molecule has 3 N–H and O–H groups in total. The quantitative estimate of drug-likeness (QED) is 0.811. The maximum Gasteiger partial charge on any atom is 0.221 e. The predicted octanol–water partition coefficient (Wildman–Crippen LogP) is 1.28. The van der Waals surface area contributed by atoms with Crippen molar-refractivity contribution in [1.82, 2.24) is 10.3 Å². The van der Waals surface area contributed by atoms with Crippen molar-refractivity contribution in [2.45, 2.75) is 46.7 Å².